The molecule has 146 valence electrons. The van der Waals surface area contributed by atoms with Crippen LogP contribution in [0, 0.1) is 13.8 Å². The van der Waals surface area contributed by atoms with Gasteiger partial charge in [0.15, 0.2) is 5.11 Å². The molecule has 0 unspecified atom stereocenters. The van der Waals surface area contributed by atoms with E-state index in [2.05, 4.69) is 41.6 Å². The van der Waals surface area contributed by atoms with Gasteiger partial charge in [0.05, 0.1) is 13.2 Å². The van der Waals surface area contributed by atoms with Gasteiger partial charge in [-0.15, -0.1) is 0 Å². The minimum atomic E-state index is 0.0456. The number of aromatic nitrogens is 1. The third-order valence-corrected chi connectivity index (χ3v) is 4.78. The Kier molecular flexibility index (Phi) is 6.31. The molecule has 1 aromatic heterocycles. The summed E-state index contributed by atoms with van der Waals surface area (Å²) < 4.78 is 11.3. The van der Waals surface area contributed by atoms with Crippen molar-refractivity contribution in [2.75, 3.05) is 19.0 Å². The number of hydrogen-bond donors (Lipinski definition) is 2. The van der Waals surface area contributed by atoms with Crippen molar-refractivity contribution in [1.29, 1.82) is 0 Å². The number of anilines is 1. The van der Waals surface area contributed by atoms with Crippen molar-refractivity contribution in [3.63, 3.8) is 0 Å². The summed E-state index contributed by atoms with van der Waals surface area (Å²) in [6, 6.07) is 13.9. The minimum absolute atomic E-state index is 0.0456. The first kappa shape index (κ1) is 19.9. The summed E-state index contributed by atoms with van der Waals surface area (Å²) in [4.78, 5) is 4.41. The van der Waals surface area contributed by atoms with Crippen LogP contribution in [0.2, 0.25) is 0 Å². The standard InChI is InChI=1S/C22H25N3O2S/c1-14-7-8-17(12-15(14)2)27-13-16(3)24-22(28)25-19-9-10-20(26-4)21-18(19)6-5-11-23-21/h5-12,16H,13H2,1-4H3,(H2,24,25,28)/t16-/m0/s1. The molecule has 0 aliphatic carbocycles. The van der Waals surface area contributed by atoms with E-state index in [1.54, 1.807) is 13.3 Å². The number of nitrogens with zero attached hydrogens (tertiary/aromatic N) is 1. The topological polar surface area (TPSA) is 55.4 Å². The Bertz CT molecular complexity index is 991. The van der Waals surface area contributed by atoms with Gasteiger partial charge in [-0.2, -0.15) is 0 Å². The Morgan fingerprint density at radius 1 is 1.14 bits per heavy atom. The molecular formula is C22H25N3O2S. The van der Waals surface area contributed by atoms with Crippen molar-refractivity contribution in [1.82, 2.24) is 10.3 Å². The number of pyridine rings is 1. The lowest BCUT2D eigenvalue weighted by Crippen LogP contribution is -2.39. The molecule has 0 aliphatic rings. The zero-order valence-corrected chi connectivity index (χ0v) is 17.4. The van der Waals surface area contributed by atoms with Gasteiger partial charge in [-0.1, -0.05) is 6.07 Å². The fourth-order valence-electron chi connectivity index (χ4n) is 2.87. The highest BCUT2D eigenvalue weighted by molar-refractivity contribution is 7.80. The van der Waals surface area contributed by atoms with Gasteiger partial charge in [-0.25, -0.2) is 0 Å². The van der Waals surface area contributed by atoms with Crippen molar-refractivity contribution in [3.05, 3.63) is 59.8 Å². The quantitative estimate of drug-likeness (QED) is 0.594. The van der Waals surface area contributed by atoms with Gasteiger partial charge in [0, 0.05) is 17.3 Å². The molecule has 0 radical (unpaired) electrons. The second kappa shape index (κ2) is 8.89. The van der Waals surface area contributed by atoms with Crippen LogP contribution in [0.25, 0.3) is 10.9 Å². The monoisotopic (exact) mass is 395 g/mol. The van der Waals surface area contributed by atoms with E-state index in [1.807, 2.05) is 37.3 Å². The molecule has 0 aliphatic heterocycles. The molecule has 3 rings (SSSR count). The van der Waals surface area contributed by atoms with Gasteiger partial charge in [0.1, 0.15) is 23.6 Å². The predicted molar refractivity (Wildman–Crippen MR) is 119 cm³/mol. The molecule has 5 nitrogen and oxygen atoms in total. The Labute approximate surface area is 171 Å². The highest BCUT2D eigenvalue weighted by Crippen LogP contribution is 2.29. The lowest BCUT2D eigenvalue weighted by molar-refractivity contribution is 0.287. The molecule has 0 spiro atoms. The number of thiocarbonyl (C=S) groups is 1. The Morgan fingerprint density at radius 2 is 1.96 bits per heavy atom. The molecule has 6 heteroatoms. The van der Waals surface area contributed by atoms with E-state index in [0.717, 1.165) is 28.1 Å². The van der Waals surface area contributed by atoms with Gasteiger partial charge in [-0.3, -0.25) is 4.98 Å². The van der Waals surface area contributed by atoms with Crippen molar-refractivity contribution in [2.24, 2.45) is 0 Å². The molecule has 2 N–H and O–H groups in total. The molecular weight excluding hydrogens is 370 g/mol. The fourth-order valence-corrected chi connectivity index (χ4v) is 3.18. The third kappa shape index (κ3) is 4.70. The summed E-state index contributed by atoms with van der Waals surface area (Å²) in [5, 5.41) is 8.00. The highest BCUT2D eigenvalue weighted by Gasteiger charge is 2.10. The molecule has 1 atom stereocenters. The van der Waals surface area contributed by atoms with Crippen LogP contribution in [-0.2, 0) is 0 Å². The van der Waals surface area contributed by atoms with Gasteiger partial charge >= 0.3 is 0 Å². The minimum Gasteiger partial charge on any atom is -0.494 e. The van der Waals surface area contributed by atoms with Crippen LogP contribution in [0.3, 0.4) is 0 Å². The molecule has 0 bridgehead atoms. The summed E-state index contributed by atoms with van der Waals surface area (Å²) >= 11 is 5.48. The Hall–Kier alpha value is -2.86. The second-order valence-corrected chi connectivity index (χ2v) is 7.18. The normalized spacial score (nSPS) is 11.7. The molecule has 0 amide bonds. The first-order valence-electron chi connectivity index (χ1n) is 9.17. The average Bonchev–Trinajstić information content (AvgIpc) is 2.69. The number of ether oxygens (including phenoxy) is 2. The fraction of sp³-hybridized carbons (Fsp3) is 0.273. The van der Waals surface area contributed by atoms with E-state index in [-0.39, 0.29) is 6.04 Å². The molecule has 0 saturated heterocycles. The molecule has 0 saturated carbocycles. The van der Waals surface area contributed by atoms with Crippen LogP contribution >= 0.6 is 12.2 Å². The summed E-state index contributed by atoms with van der Waals surface area (Å²) in [5.74, 6) is 1.60. The smallest absolute Gasteiger partial charge is 0.171 e. The number of hydrogen-bond acceptors (Lipinski definition) is 4. The van der Waals surface area contributed by atoms with E-state index < -0.39 is 0 Å². The maximum atomic E-state index is 5.88. The first-order chi connectivity index (χ1) is 13.5. The Morgan fingerprint density at radius 3 is 2.71 bits per heavy atom. The first-order valence-corrected chi connectivity index (χ1v) is 9.58. The van der Waals surface area contributed by atoms with Crippen molar-refractivity contribution in [2.45, 2.75) is 26.8 Å². The lowest BCUT2D eigenvalue weighted by atomic mass is 10.1. The number of fused-ring (bicyclic) bond motifs is 1. The number of benzene rings is 2. The van der Waals surface area contributed by atoms with Crippen molar-refractivity contribution in [3.8, 4) is 11.5 Å². The van der Waals surface area contributed by atoms with Crippen LogP contribution in [-0.4, -0.2) is 29.9 Å². The van der Waals surface area contributed by atoms with Gasteiger partial charge in [0.25, 0.3) is 0 Å². The molecule has 2 aromatic carbocycles. The number of rotatable bonds is 6. The van der Waals surface area contributed by atoms with E-state index in [0.29, 0.717) is 11.7 Å². The zero-order chi connectivity index (χ0) is 20.1. The van der Waals surface area contributed by atoms with Crippen molar-refractivity contribution < 1.29 is 9.47 Å². The predicted octanol–water partition coefficient (Wildman–Crippen LogP) is 4.61. The Balaban J connectivity index is 1.61. The summed E-state index contributed by atoms with van der Waals surface area (Å²) in [6.45, 7) is 6.71. The van der Waals surface area contributed by atoms with Crippen LogP contribution in [0.15, 0.2) is 48.7 Å². The second-order valence-electron chi connectivity index (χ2n) is 6.77. The molecule has 1 heterocycles. The van der Waals surface area contributed by atoms with Gasteiger partial charge < -0.3 is 20.1 Å². The highest BCUT2D eigenvalue weighted by atomic mass is 32.1. The largest absolute Gasteiger partial charge is 0.494 e. The average molecular weight is 396 g/mol. The van der Waals surface area contributed by atoms with E-state index >= 15 is 0 Å². The zero-order valence-electron chi connectivity index (χ0n) is 16.6. The number of aryl methyl sites for hydroxylation is 2. The van der Waals surface area contributed by atoms with Gasteiger partial charge in [0.2, 0.25) is 0 Å². The maximum Gasteiger partial charge on any atom is 0.171 e. The third-order valence-electron chi connectivity index (χ3n) is 4.56. The van der Waals surface area contributed by atoms with E-state index in [9.17, 15) is 0 Å². The molecule has 3 aromatic rings. The van der Waals surface area contributed by atoms with Crippen molar-refractivity contribution >= 4 is 33.9 Å². The summed E-state index contributed by atoms with van der Waals surface area (Å²) in [6.07, 6.45) is 1.75. The van der Waals surface area contributed by atoms with Crippen LogP contribution in [0.4, 0.5) is 5.69 Å². The van der Waals surface area contributed by atoms with Crippen LogP contribution in [0.5, 0.6) is 11.5 Å². The van der Waals surface area contributed by atoms with E-state index in [1.165, 1.54) is 11.1 Å². The summed E-state index contributed by atoms with van der Waals surface area (Å²) in [7, 11) is 1.64. The molecule has 0 fully saturated rings. The maximum absolute atomic E-state index is 5.88. The van der Waals surface area contributed by atoms with E-state index in [4.69, 9.17) is 21.7 Å². The van der Waals surface area contributed by atoms with Crippen LogP contribution < -0.4 is 20.1 Å². The number of nitrogens with one attached hydrogen (secondary N) is 2. The molecule has 28 heavy (non-hydrogen) atoms. The summed E-state index contributed by atoms with van der Waals surface area (Å²) in [5.41, 5.74) is 4.15. The number of methoxy groups -OCH3 is 1. The SMILES string of the molecule is COc1ccc(NC(=S)N[C@@H](C)COc2ccc(C)c(C)c2)c2cccnc12. The van der Waals surface area contributed by atoms with Crippen LogP contribution in [0.1, 0.15) is 18.1 Å². The lowest BCUT2D eigenvalue weighted by Gasteiger charge is -2.19. The van der Waals surface area contributed by atoms with Gasteiger partial charge in [-0.05, 0) is 80.5 Å².